The van der Waals surface area contributed by atoms with E-state index < -0.39 is 0 Å². The van der Waals surface area contributed by atoms with E-state index in [4.69, 9.17) is 19.4 Å². The molecule has 8 nitrogen and oxygen atoms in total. The van der Waals surface area contributed by atoms with Gasteiger partial charge in [0.05, 0.1) is 19.2 Å². The Morgan fingerprint density at radius 2 is 1.62 bits per heavy atom. The molecule has 0 bridgehead atoms. The van der Waals surface area contributed by atoms with E-state index >= 15 is 0 Å². The van der Waals surface area contributed by atoms with Gasteiger partial charge in [-0.2, -0.15) is 4.98 Å². The first-order chi connectivity index (χ1) is 18.1. The Morgan fingerprint density at radius 1 is 0.865 bits per heavy atom. The highest BCUT2D eigenvalue weighted by atomic mass is 16.5. The Balaban J connectivity index is 1.40. The van der Waals surface area contributed by atoms with Crippen molar-refractivity contribution in [1.82, 2.24) is 19.8 Å². The molecule has 2 aromatic carbocycles. The van der Waals surface area contributed by atoms with Gasteiger partial charge in [-0.3, -0.25) is 4.90 Å². The fourth-order valence-corrected chi connectivity index (χ4v) is 5.20. The summed E-state index contributed by atoms with van der Waals surface area (Å²) in [6.45, 7) is 8.51. The molecule has 0 N–H and O–H groups in total. The average molecular weight is 505 g/mol. The van der Waals surface area contributed by atoms with Crippen molar-refractivity contribution in [2.45, 2.75) is 25.8 Å². The summed E-state index contributed by atoms with van der Waals surface area (Å²) in [5.41, 5.74) is 2.28. The first-order valence-electron chi connectivity index (χ1n) is 13.5. The normalized spacial score (nSPS) is 16.6. The summed E-state index contributed by atoms with van der Waals surface area (Å²) in [5, 5.41) is 1.02. The minimum Gasteiger partial charge on any atom is -0.493 e. The van der Waals surface area contributed by atoms with Crippen molar-refractivity contribution in [2.24, 2.45) is 0 Å². The Labute approximate surface area is 220 Å². The van der Waals surface area contributed by atoms with E-state index in [9.17, 15) is 0 Å². The molecular formula is C29H40N6O2. The zero-order valence-electron chi connectivity index (χ0n) is 22.5. The fraction of sp³-hybridized carbons (Fsp3) is 0.517. The summed E-state index contributed by atoms with van der Waals surface area (Å²) in [5.74, 6) is 3.32. The molecule has 0 spiro atoms. The molecule has 2 saturated heterocycles. The number of fused-ring (bicyclic) bond motifs is 1. The Hall–Kier alpha value is -3.10. The third-order valence-electron chi connectivity index (χ3n) is 7.27. The minimum atomic E-state index is 0.639. The van der Waals surface area contributed by atoms with Crippen LogP contribution in [0.1, 0.15) is 24.8 Å². The Bertz CT molecular complexity index is 1160. The molecule has 2 aliphatic heterocycles. The highest BCUT2D eigenvalue weighted by Gasteiger charge is 2.24. The largest absolute Gasteiger partial charge is 0.493 e. The molecule has 0 atom stereocenters. The van der Waals surface area contributed by atoms with Crippen LogP contribution in [0.2, 0.25) is 0 Å². The van der Waals surface area contributed by atoms with Gasteiger partial charge in [0.25, 0.3) is 0 Å². The van der Waals surface area contributed by atoms with Gasteiger partial charge >= 0.3 is 0 Å². The summed E-state index contributed by atoms with van der Waals surface area (Å²) in [4.78, 5) is 19.6. The van der Waals surface area contributed by atoms with Crippen molar-refractivity contribution in [3.63, 3.8) is 0 Å². The lowest BCUT2D eigenvalue weighted by molar-refractivity contribution is 0.249. The van der Waals surface area contributed by atoms with Gasteiger partial charge in [-0.25, -0.2) is 4.98 Å². The third kappa shape index (κ3) is 6.25. The van der Waals surface area contributed by atoms with Gasteiger partial charge in [0.2, 0.25) is 5.95 Å². The summed E-state index contributed by atoms with van der Waals surface area (Å²) in [6.07, 6.45) is 3.34. The number of nitrogens with zero attached hydrogens (tertiary/aromatic N) is 6. The van der Waals surface area contributed by atoms with E-state index in [0.717, 1.165) is 92.9 Å². The van der Waals surface area contributed by atoms with Crippen molar-refractivity contribution in [3.8, 4) is 11.5 Å². The average Bonchev–Trinajstić information content (AvgIpc) is 3.46. The molecule has 37 heavy (non-hydrogen) atoms. The molecule has 3 heterocycles. The second-order valence-electron chi connectivity index (χ2n) is 10.3. The maximum absolute atomic E-state index is 6.16. The highest BCUT2D eigenvalue weighted by Crippen LogP contribution is 2.37. The number of piperazine rings is 1. The van der Waals surface area contributed by atoms with Crippen LogP contribution in [0.15, 0.2) is 42.5 Å². The molecule has 3 aromatic rings. The standard InChI is InChI=1S/C29H40N6O2/c1-32(2)12-9-19-37-27-21-25-24(20-26(27)36-3)28(31-29(30-25)35-13-7-8-14-35)34-17-15-33(16-18-34)22-23-10-5-4-6-11-23/h4-6,10-11,20-21H,7-9,12-19,22H2,1-3H3. The van der Waals surface area contributed by atoms with E-state index in [0.29, 0.717) is 6.61 Å². The van der Waals surface area contributed by atoms with Crippen LogP contribution < -0.4 is 19.3 Å². The number of anilines is 2. The summed E-state index contributed by atoms with van der Waals surface area (Å²) in [6, 6.07) is 14.8. The number of ether oxygens (including phenoxy) is 2. The predicted octanol–water partition coefficient (Wildman–Crippen LogP) is 3.89. The van der Waals surface area contributed by atoms with Crippen LogP contribution in [0.3, 0.4) is 0 Å². The quantitative estimate of drug-likeness (QED) is 0.386. The predicted molar refractivity (Wildman–Crippen MR) is 150 cm³/mol. The van der Waals surface area contributed by atoms with Gasteiger partial charge in [-0.1, -0.05) is 30.3 Å². The van der Waals surface area contributed by atoms with Crippen LogP contribution in [-0.4, -0.2) is 93.4 Å². The number of aromatic nitrogens is 2. The first kappa shape index (κ1) is 25.5. The minimum absolute atomic E-state index is 0.639. The van der Waals surface area contributed by atoms with Crippen LogP contribution in [0.4, 0.5) is 11.8 Å². The van der Waals surface area contributed by atoms with E-state index in [1.54, 1.807) is 7.11 Å². The smallest absolute Gasteiger partial charge is 0.227 e. The molecule has 0 aliphatic carbocycles. The van der Waals surface area contributed by atoms with Crippen LogP contribution in [0.5, 0.6) is 11.5 Å². The molecule has 8 heteroatoms. The molecule has 0 unspecified atom stereocenters. The maximum Gasteiger partial charge on any atom is 0.227 e. The van der Waals surface area contributed by atoms with Crippen LogP contribution in [0, 0.1) is 0 Å². The van der Waals surface area contributed by atoms with E-state index in [-0.39, 0.29) is 0 Å². The molecule has 0 saturated carbocycles. The maximum atomic E-state index is 6.16. The summed E-state index contributed by atoms with van der Waals surface area (Å²) in [7, 11) is 5.86. The second-order valence-corrected chi connectivity index (χ2v) is 10.3. The SMILES string of the molecule is COc1cc2c(N3CCN(Cc4ccccc4)CC3)nc(N3CCCC3)nc2cc1OCCCN(C)C. The number of rotatable bonds is 10. The third-order valence-corrected chi connectivity index (χ3v) is 7.27. The lowest BCUT2D eigenvalue weighted by Gasteiger charge is -2.36. The lowest BCUT2D eigenvalue weighted by Crippen LogP contribution is -2.46. The van der Waals surface area contributed by atoms with Gasteiger partial charge in [0.15, 0.2) is 11.5 Å². The van der Waals surface area contributed by atoms with Crippen molar-refractivity contribution < 1.29 is 9.47 Å². The number of methoxy groups -OCH3 is 1. The van der Waals surface area contributed by atoms with Gasteiger partial charge in [0, 0.05) is 63.8 Å². The molecule has 5 rings (SSSR count). The molecule has 198 valence electrons. The van der Waals surface area contributed by atoms with Gasteiger partial charge in [-0.15, -0.1) is 0 Å². The zero-order chi connectivity index (χ0) is 25.6. The molecule has 1 aromatic heterocycles. The van der Waals surface area contributed by atoms with Gasteiger partial charge in [0.1, 0.15) is 5.82 Å². The van der Waals surface area contributed by atoms with Crippen LogP contribution in [0.25, 0.3) is 10.9 Å². The second kappa shape index (κ2) is 12.0. The Morgan fingerprint density at radius 3 is 2.32 bits per heavy atom. The first-order valence-corrected chi connectivity index (χ1v) is 13.5. The van der Waals surface area contributed by atoms with E-state index in [1.165, 1.54) is 18.4 Å². The molecule has 0 amide bonds. The number of benzene rings is 2. The zero-order valence-corrected chi connectivity index (χ0v) is 22.5. The molecule has 2 fully saturated rings. The monoisotopic (exact) mass is 504 g/mol. The number of hydrogen-bond acceptors (Lipinski definition) is 8. The van der Waals surface area contributed by atoms with E-state index in [2.05, 4.69) is 70.1 Å². The topological polar surface area (TPSA) is 57.2 Å². The van der Waals surface area contributed by atoms with Crippen LogP contribution in [-0.2, 0) is 6.54 Å². The van der Waals surface area contributed by atoms with Crippen LogP contribution >= 0.6 is 0 Å². The van der Waals surface area contributed by atoms with Crippen molar-refractivity contribution in [1.29, 1.82) is 0 Å². The summed E-state index contributed by atoms with van der Waals surface area (Å²) < 4.78 is 11.9. The molecular weight excluding hydrogens is 464 g/mol. The van der Waals surface area contributed by atoms with Gasteiger partial charge in [-0.05, 0) is 45.0 Å². The van der Waals surface area contributed by atoms with Crippen molar-refractivity contribution in [2.75, 3.05) is 83.4 Å². The molecule has 0 radical (unpaired) electrons. The van der Waals surface area contributed by atoms with E-state index in [1.807, 2.05) is 6.07 Å². The highest BCUT2D eigenvalue weighted by molar-refractivity contribution is 5.93. The molecule has 2 aliphatic rings. The Kier molecular flexibility index (Phi) is 8.26. The summed E-state index contributed by atoms with van der Waals surface area (Å²) >= 11 is 0. The lowest BCUT2D eigenvalue weighted by atomic mass is 10.1. The number of hydrogen-bond donors (Lipinski definition) is 0. The fourth-order valence-electron chi connectivity index (χ4n) is 5.20. The van der Waals surface area contributed by atoms with Crippen molar-refractivity contribution >= 4 is 22.7 Å². The van der Waals surface area contributed by atoms with Gasteiger partial charge < -0.3 is 24.2 Å². The van der Waals surface area contributed by atoms with Crippen molar-refractivity contribution in [3.05, 3.63) is 48.0 Å².